The molecule has 4 aromatic rings. The number of rotatable bonds is 7. The van der Waals surface area contributed by atoms with Crippen LogP contribution in [0.3, 0.4) is 0 Å². The molecule has 10 heteroatoms. The molecular formula is C23H21FN4O4S. The van der Waals surface area contributed by atoms with E-state index in [9.17, 15) is 17.6 Å². The molecule has 2 aromatic carbocycles. The number of imidazole rings is 1. The first-order valence-corrected chi connectivity index (χ1v) is 11.6. The number of nitrogens with one attached hydrogen (secondary N) is 1. The highest BCUT2D eigenvalue weighted by molar-refractivity contribution is 7.91. The summed E-state index contributed by atoms with van der Waals surface area (Å²) < 4.78 is 47.0. The van der Waals surface area contributed by atoms with Gasteiger partial charge in [0, 0.05) is 37.4 Å². The molecule has 0 atom stereocenters. The molecule has 170 valence electrons. The van der Waals surface area contributed by atoms with Gasteiger partial charge in [-0.25, -0.2) is 22.8 Å². The number of ether oxygens (including phenoxy) is 1. The number of hydrogen-bond donors (Lipinski definition) is 1. The van der Waals surface area contributed by atoms with Crippen LogP contribution in [0, 0.1) is 5.82 Å². The largest absolute Gasteiger partial charge is 0.490 e. The predicted molar refractivity (Wildman–Crippen MR) is 118 cm³/mol. The molecule has 1 amide bonds. The average molecular weight is 469 g/mol. The first-order valence-electron chi connectivity index (χ1n) is 10.1. The van der Waals surface area contributed by atoms with E-state index in [4.69, 9.17) is 4.74 Å². The van der Waals surface area contributed by atoms with E-state index in [1.807, 2.05) is 0 Å². The zero-order valence-corrected chi connectivity index (χ0v) is 18.7. The van der Waals surface area contributed by atoms with E-state index >= 15 is 0 Å². The lowest BCUT2D eigenvalue weighted by atomic mass is 10.2. The number of aromatic nitrogens is 3. The maximum absolute atomic E-state index is 13.7. The molecular weight excluding hydrogens is 447 g/mol. The minimum atomic E-state index is -3.93. The second-order valence-electron chi connectivity index (χ2n) is 7.56. The van der Waals surface area contributed by atoms with Crippen LogP contribution in [0.25, 0.3) is 5.78 Å². The lowest BCUT2D eigenvalue weighted by molar-refractivity contribution is 0.0950. The quantitative estimate of drug-likeness (QED) is 0.417. The van der Waals surface area contributed by atoms with Crippen molar-refractivity contribution in [3.63, 3.8) is 0 Å². The van der Waals surface area contributed by atoms with Crippen molar-refractivity contribution in [3.05, 3.63) is 84.2 Å². The number of carbonyl (C=O) groups is 1. The molecule has 33 heavy (non-hydrogen) atoms. The lowest BCUT2D eigenvalue weighted by Crippen LogP contribution is -2.23. The van der Waals surface area contributed by atoms with Crippen molar-refractivity contribution in [1.82, 2.24) is 19.7 Å². The summed E-state index contributed by atoms with van der Waals surface area (Å²) in [7, 11) is -3.93. The number of amides is 1. The smallest absolute Gasteiger partial charge is 0.254 e. The third-order valence-corrected chi connectivity index (χ3v) is 6.56. The second-order valence-corrected chi connectivity index (χ2v) is 9.48. The summed E-state index contributed by atoms with van der Waals surface area (Å²) in [5, 5.41) is 2.78. The standard InChI is InChI=1S/C23H21FN4O4S/c1-15(2)32-20-11-18(24)5-8-21(20)33(30,31)19-6-3-16(4-7-19)12-26-22(29)17-13-27-23-25-9-10-28(23)14-17/h3-11,13-15H,12H2,1-2H3,(H,26,29). The molecule has 0 fully saturated rings. The van der Waals surface area contributed by atoms with Gasteiger partial charge in [0.25, 0.3) is 5.91 Å². The summed E-state index contributed by atoms with van der Waals surface area (Å²) in [4.78, 5) is 20.5. The summed E-state index contributed by atoms with van der Waals surface area (Å²) in [5.74, 6) is -0.453. The van der Waals surface area contributed by atoms with E-state index in [0.29, 0.717) is 16.9 Å². The van der Waals surface area contributed by atoms with Crippen LogP contribution in [0.15, 0.2) is 77.0 Å². The van der Waals surface area contributed by atoms with Crippen LogP contribution >= 0.6 is 0 Å². The maximum atomic E-state index is 13.7. The Kier molecular flexibility index (Phi) is 6.10. The van der Waals surface area contributed by atoms with Crippen LogP contribution in [0.1, 0.15) is 29.8 Å². The van der Waals surface area contributed by atoms with Crippen LogP contribution < -0.4 is 10.1 Å². The van der Waals surface area contributed by atoms with E-state index in [-0.39, 0.29) is 34.1 Å². The van der Waals surface area contributed by atoms with Crippen molar-refractivity contribution in [2.75, 3.05) is 0 Å². The first-order chi connectivity index (χ1) is 15.7. The van der Waals surface area contributed by atoms with Gasteiger partial charge in [-0.2, -0.15) is 0 Å². The Balaban J connectivity index is 1.49. The van der Waals surface area contributed by atoms with E-state index in [0.717, 1.165) is 12.1 Å². The molecule has 0 radical (unpaired) electrons. The fourth-order valence-corrected chi connectivity index (χ4v) is 4.55. The fourth-order valence-electron chi connectivity index (χ4n) is 3.18. The predicted octanol–water partition coefficient (Wildman–Crippen LogP) is 3.42. The number of nitrogens with zero attached hydrogens (tertiary/aromatic N) is 3. The molecule has 2 aromatic heterocycles. The highest BCUT2D eigenvalue weighted by Crippen LogP contribution is 2.31. The van der Waals surface area contributed by atoms with Gasteiger partial charge in [-0.05, 0) is 43.7 Å². The number of fused-ring (bicyclic) bond motifs is 1. The Morgan fingerprint density at radius 2 is 1.91 bits per heavy atom. The zero-order chi connectivity index (χ0) is 23.6. The van der Waals surface area contributed by atoms with Crippen molar-refractivity contribution in [3.8, 4) is 5.75 Å². The van der Waals surface area contributed by atoms with Gasteiger partial charge in [0.05, 0.1) is 16.6 Å². The Hall–Kier alpha value is -3.79. The molecule has 0 saturated heterocycles. The van der Waals surface area contributed by atoms with Crippen LogP contribution in [0.5, 0.6) is 5.75 Å². The van der Waals surface area contributed by atoms with Crippen LogP contribution in [-0.2, 0) is 16.4 Å². The van der Waals surface area contributed by atoms with Crippen LogP contribution in [-0.4, -0.2) is 34.8 Å². The van der Waals surface area contributed by atoms with Gasteiger partial charge in [0.2, 0.25) is 15.6 Å². The molecule has 0 saturated carbocycles. The molecule has 0 unspecified atom stereocenters. The Morgan fingerprint density at radius 1 is 1.15 bits per heavy atom. The normalized spacial score (nSPS) is 11.6. The molecule has 1 N–H and O–H groups in total. The highest BCUT2D eigenvalue weighted by atomic mass is 32.2. The number of carbonyl (C=O) groups excluding carboxylic acids is 1. The molecule has 0 aliphatic rings. The fraction of sp³-hybridized carbons (Fsp3) is 0.174. The SMILES string of the molecule is CC(C)Oc1cc(F)ccc1S(=O)(=O)c1ccc(CNC(=O)c2cnc3nccn3c2)cc1. The number of benzene rings is 2. The summed E-state index contributed by atoms with van der Waals surface area (Å²) >= 11 is 0. The third-order valence-electron chi connectivity index (χ3n) is 4.75. The molecule has 0 aliphatic carbocycles. The minimum Gasteiger partial charge on any atom is -0.490 e. The Bertz CT molecular complexity index is 1420. The van der Waals surface area contributed by atoms with Crippen LogP contribution in [0.4, 0.5) is 4.39 Å². The van der Waals surface area contributed by atoms with Crippen molar-refractivity contribution >= 4 is 21.5 Å². The lowest BCUT2D eigenvalue weighted by Gasteiger charge is -2.15. The number of sulfone groups is 1. The summed E-state index contributed by atoms with van der Waals surface area (Å²) in [6.45, 7) is 3.65. The van der Waals surface area contributed by atoms with E-state index in [1.165, 1.54) is 24.4 Å². The van der Waals surface area contributed by atoms with Gasteiger partial charge in [-0.3, -0.25) is 9.20 Å². The van der Waals surface area contributed by atoms with Gasteiger partial charge in [-0.15, -0.1) is 0 Å². The topological polar surface area (TPSA) is 103 Å². The molecule has 8 nitrogen and oxygen atoms in total. The maximum Gasteiger partial charge on any atom is 0.254 e. The molecule has 4 rings (SSSR count). The van der Waals surface area contributed by atoms with Gasteiger partial charge < -0.3 is 10.1 Å². The molecule has 0 bridgehead atoms. The van der Waals surface area contributed by atoms with Crippen molar-refractivity contribution < 1.29 is 22.3 Å². The van der Waals surface area contributed by atoms with Gasteiger partial charge >= 0.3 is 0 Å². The number of halogens is 1. The monoisotopic (exact) mass is 468 g/mol. The molecule has 0 spiro atoms. The minimum absolute atomic E-state index is 0.0348. The Morgan fingerprint density at radius 3 is 2.64 bits per heavy atom. The van der Waals surface area contributed by atoms with E-state index in [1.54, 1.807) is 49.0 Å². The summed E-state index contributed by atoms with van der Waals surface area (Å²) in [6.07, 6.45) is 6.02. The first kappa shape index (κ1) is 22.4. The summed E-state index contributed by atoms with van der Waals surface area (Å²) in [6, 6.07) is 9.44. The molecule has 2 heterocycles. The van der Waals surface area contributed by atoms with Gasteiger partial charge in [0.1, 0.15) is 16.5 Å². The van der Waals surface area contributed by atoms with E-state index < -0.39 is 15.7 Å². The second kappa shape index (κ2) is 8.99. The van der Waals surface area contributed by atoms with Gasteiger partial charge in [0.15, 0.2) is 0 Å². The van der Waals surface area contributed by atoms with Crippen molar-refractivity contribution in [1.29, 1.82) is 0 Å². The van der Waals surface area contributed by atoms with Gasteiger partial charge in [-0.1, -0.05) is 12.1 Å². The molecule has 0 aliphatic heterocycles. The number of hydrogen-bond acceptors (Lipinski definition) is 6. The van der Waals surface area contributed by atoms with Crippen molar-refractivity contribution in [2.45, 2.75) is 36.3 Å². The van der Waals surface area contributed by atoms with Crippen molar-refractivity contribution in [2.24, 2.45) is 0 Å². The van der Waals surface area contributed by atoms with Crippen LogP contribution in [0.2, 0.25) is 0 Å². The average Bonchev–Trinajstić information content (AvgIpc) is 3.25. The Labute approximate surface area is 190 Å². The summed E-state index contributed by atoms with van der Waals surface area (Å²) in [5.41, 5.74) is 1.07. The third kappa shape index (κ3) is 4.85. The highest BCUT2D eigenvalue weighted by Gasteiger charge is 2.23. The zero-order valence-electron chi connectivity index (χ0n) is 17.9. The van der Waals surface area contributed by atoms with E-state index in [2.05, 4.69) is 15.3 Å².